The van der Waals surface area contributed by atoms with Crippen molar-refractivity contribution in [1.82, 2.24) is 0 Å². The maximum absolute atomic E-state index is 12.2. The number of carbonyl (C=O) groups excluding carboxylic acids is 2. The molecule has 0 saturated heterocycles. The van der Waals surface area contributed by atoms with E-state index in [2.05, 4.69) is 31.6 Å². The molecule has 0 aliphatic heterocycles. The molecule has 0 aliphatic carbocycles. The number of nitrogens with one attached hydrogen (secondary N) is 1. The summed E-state index contributed by atoms with van der Waals surface area (Å²) in [5.74, 6) is -1.64. The first-order chi connectivity index (χ1) is 15.7. The second-order valence-corrected chi connectivity index (χ2v) is 7.18. The van der Waals surface area contributed by atoms with Gasteiger partial charge in [-0.2, -0.15) is 0 Å². The van der Waals surface area contributed by atoms with E-state index in [1.54, 1.807) is 24.3 Å². The first-order valence-corrected chi connectivity index (χ1v) is 9.75. The Kier molecular flexibility index (Phi) is 7.15. The van der Waals surface area contributed by atoms with E-state index in [9.17, 15) is 29.8 Å². The summed E-state index contributed by atoms with van der Waals surface area (Å²) in [6.07, 6.45) is 0. The number of hydrogen-bond acceptors (Lipinski definition) is 9. The minimum Gasteiger partial charge on any atom is -0.338 e. The molecule has 3 rings (SSSR count). The van der Waals surface area contributed by atoms with Crippen LogP contribution in [-0.2, 0) is 4.84 Å². The zero-order chi connectivity index (χ0) is 24.0. The van der Waals surface area contributed by atoms with Gasteiger partial charge in [-0.05, 0) is 54.6 Å². The highest BCUT2D eigenvalue weighted by Gasteiger charge is 2.24. The Labute approximate surface area is 193 Å². The summed E-state index contributed by atoms with van der Waals surface area (Å²) in [6, 6.07) is 15.1. The van der Waals surface area contributed by atoms with Gasteiger partial charge >= 0.3 is 11.9 Å². The number of amides is 1. The Balaban J connectivity index is 1.64. The molecule has 3 aromatic rings. The van der Waals surface area contributed by atoms with Crippen LogP contribution in [0.3, 0.4) is 0 Å². The molecule has 0 radical (unpaired) electrons. The van der Waals surface area contributed by atoms with Gasteiger partial charge in [0.2, 0.25) is 0 Å². The highest BCUT2D eigenvalue weighted by molar-refractivity contribution is 9.10. The van der Waals surface area contributed by atoms with Crippen molar-refractivity contribution < 1.29 is 24.3 Å². The molecule has 1 amide bonds. The molecule has 13 heteroatoms. The Hall–Kier alpha value is -4.52. The van der Waals surface area contributed by atoms with Gasteiger partial charge in [0.05, 0.1) is 32.9 Å². The standard InChI is InChI=1S/C20H12BrN5O7/c21-13-3-1-12(2-4-13)20(28)33-24-15-7-5-14(6-8-15)22-23-19(27)17-10-9-16(25(29)30)11-18(17)26(31)32/h1-11,24H. The van der Waals surface area contributed by atoms with Crippen LogP contribution in [0, 0.1) is 20.2 Å². The number of anilines is 1. The van der Waals surface area contributed by atoms with Crippen molar-refractivity contribution in [1.29, 1.82) is 0 Å². The van der Waals surface area contributed by atoms with Crippen molar-refractivity contribution in [3.8, 4) is 0 Å². The number of nitro benzene ring substituents is 2. The predicted octanol–water partition coefficient (Wildman–Crippen LogP) is 5.37. The number of azo groups is 1. The fourth-order valence-corrected chi connectivity index (χ4v) is 2.73. The van der Waals surface area contributed by atoms with Crippen LogP contribution in [0.1, 0.15) is 20.7 Å². The fraction of sp³-hybridized carbons (Fsp3) is 0. The van der Waals surface area contributed by atoms with E-state index in [-0.39, 0.29) is 5.69 Å². The summed E-state index contributed by atoms with van der Waals surface area (Å²) in [6.45, 7) is 0. The van der Waals surface area contributed by atoms with Crippen LogP contribution in [0.5, 0.6) is 0 Å². The summed E-state index contributed by atoms with van der Waals surface area (Å²) in [5.41, 5.74) is 1.75. The maximum atomic E-state index is 12.2. The zero-order valence-corrected chi connectivity index (χ0v) is 18.0. The number of halogens is 1. The van der Waals surface area contributed by atoms with Gasteiger partial charge in [-0.1, -0.05) is 15.9 Å². The number of rotatable bonds is 7. The highest BCUT2D eigenvalue weighted by Crippen LogP contribution is 2.26. The van der Waals surface area contributed by atoms with Gasteiger partial charge < -0.3 is 4.84 Å². The molecule has 3 aromatic carbocycles. The third kappa shape index (κ3) is 6.01. The molecule has 0 atom stereocenters. The summed E-state index contributed by atoms with van der Waals surface area (Å²) in [7, 11) is 0. The van der Waals surface area contributed by atoms with Crippen molar-refractivity contribution in [3.05, 3.63) is 103 Å². The molecule has 12 nitrogen and oxygen atoms in total. The van der Waals surface area contributed by atoms with Gasteiger partial charge in [0, 0.05) is 10.5 Å². The number of non-ortho nitro benzene ring substituents is 1. The number of nitrogens with zero attached hydrogens (tertiary/aromatic N) is 4. The lowest BCUT2D eigenvalue weighted by molar-refractivity contribution is -0.394. The van der Waals surface area contributed by atoms with E-state index >= 15 is 0 Å². The molecular formula is C20H12BrN5O7. The smallest absolute Gasteiger partial charge is 0.338 e. The highest BCUT2D eigenvalue weighted by atomic mass is 79.9. The van der Waals surface area contributed by atoms with Crippen molar-refractivity contribution in [2.45, 2.75) is 0 Å². The summed E-state index contributed by atoms with van der Waals surface area (Å²) < 4.78 is 0.818. The van der Waals surface area contributed by atoms with E-state index < -0.39 is 38.7 Å². The topological polar surface area (TPSA) is 166 Å². The van der Waals surface area contributed by atoms with Crippen LogP contribution in [0.4, 0.5) is 22.7 Å². The normalized spacial score (nSPS) is 10.6. The van der Waals surface area contributed by atoms with Gasteiger partial charge in [0.1, 0.15) is 5.56 Å². The number of carbonyl (C=O) groups is 2. The molecule has 0 fully saturated rings. The molecule has 0 spiro atoms. The van der Waals surface area contributed by atoms with Gasteiger partial charge in [0.15, 0.2) is 0 Å². The molecule has 0 aliphatic rings. The second kappa shape index (κ2) is 10.2. The van der Waals surface area contributed by atoms with E-state index in [1.165, 1.54) is 24.3 Å². The molecule has 33 heavy (non-hydrogen) atoms. The maximum Gasteiger partial charge on any atom is 0.362 e. The van der Waals surface area contributed by atoms with Crippen molar-refractivity contribution in [2.24, 2.45) is 10.2 Å². The van der Waals surface area contributed by atoms with Crippen molar-refractivity contribution in [2.75, 3.05) is 5.48 Å². The van der Waals surface area contributed by atoms with E-state index in [4.69, 9.17) is 4.84 Å². The zero-order valence-electron chi connectivity index (χ0n) is 16.4. The number of benzene rings is 3. The van der Waals surface area contributed by atoms with Gasteiger partial charge in [-0.15, -0.1) is 10.2 Å². The number of hydrogen-bond donors (Lipinski definition) is 1. The lowest BCUT2D eigenvalue weighted by Gasteiger charge is -2.07. The molecule has 0 aromatic heterocycles. The quantitative estimate of drug-likeness (QED) is 0.249. The van der Waals surface area contributed by atoms with Crippen LogP contribution < -0.4 is 5.48 Å². The fourth-order valence-electron chi connectivity index (χ4n) is 2.47. The van der Waals surface area contributed by atoms with Crippen LogP contribution in [0.2, 0.25) is 0 Å². The minimum absolute atomic E-state index is 0.234. The average molecular weight is 514 g/mol. The largest absolute Gasteiger partial charge is 0.362 e. The molecule has 0 bridgehead atoms. The molecule has 0 heterocycles. The van der Waals surface area contributed by atoms with Crippen LogP contribution in [-0.4, -0.2) is 21.7 Å². The van der Waals surface area contributed by atoms with Gasteiger partial charge in [0.25, 0.3) is 11.4 Å². The van der Waals surface area contributed by atoms with E-state index in [1.807, 2.05) is 0 Å². The lowest BCUT2D eigenvalue weighted by Crippen LogP contribution is -2.10. The monoisotopic (exact) mass is 513 g/mol. The lowest BCUT2D eigenvalue weighted by atomic mass is 10.1. The third-order valence-electron chi connectivity index (χ3n) is 4.08. The minimum atomic E-state index is -1.04. The first kappa shape index (κ1) is 23.1. The SMILES string of the molecule is O=C(ONc1ccc(N=NC(=O)c2ccc([N+](=O)[O-])cc2[N+](=O)[O-])cc1)c1ccc(Br)cc1. The van der Waals surface area contributed by atoms with Gasteiger partial charge in [-0.25, -0.2) is 10.3 Å². The average Bonchev–Trinajstić information content (AvgIpc) is 2.81. The summed E-state index contributed by atoms with van der Waals surface area (Å²) in [5, 5.41) is 29.1. The van der Waals surface area contributed by atoms with Gasteiger partial charge in [-0.3, -0.25) is 25.0 Å². The molecule has 1 N–H and O–H groups in total. The third-order valence-corrected chi connectivity index (χ3v) is 4.61. The molecule has 166 valence electrons. The van der Waals surface area contributed by atoms with Crippen LogP contribution in [0.25, 0.3) is 0 Å². The molecule has 0 unspecified atom stereocenters. The van der Waals surface area contributed by atoms with Crippen LogP contribution in [0.15, 0.2) is 81.4 Å². The summed E-state index contributed by atoms with van der Waals surface area (Å²) in [4.78, 5) is 49.4. The first-order valence-electron chi connectivity index (χ1n) is 8.96. The predicted molar refractivity (Wildman–Crippen MR) is 118 cm³/mol. The van der Waals surface area contributed by atoms with E-state index in [0.29, 0.717) is 17.3 Å². The Morgan fingerprint density at radius 3 is 2.18 bits per heavy atom. The van der Waals surface area contributed by atoms with E-state index in [0.717, 1.165) is 16.6 Å². The molecular weight excluding hydrogens is 502 g/mol. The summed E-state index contributed by atoms with van der Waals surface area (Å²) >= 11 is 3.27. The Bertz CT molecular complexity index is 1260. The Morgan fingerprint density at radius 2 is 1.58 bits per heavy atom. The molecule has 0 saturated carbocycles. The van der Waals surface area contributed by atoms with Crippen LogP contribution >= 0.6 is 15.9 Å². The Morgan fingerprint density at radius 1 is 0.909 bits per heavy atom. The second-order valence-electron chi connectivity index (χ2n) is 6.27. The van der Waals surface area contributed by atoms with Crippen molar-refractivity contribution in [3.63, 3.8) is 0 Å². The van der Waals surface area contributed by atoms with Crippen molar-refractivity contribution >= 4 is 50.6 Å². The number of nitro groups is 2.